The van der Waals surface area contributed by atoms with Gasteiger partial charge in [-0.05, 0) is 32.1 Å². The molecule has 2 nitrogen and oxygen atoms in total. The lowest BCUT2D eigenvalue weighted by Crippen LogP contribution is -2.10. The van der Waals surface area contributed by atoms with Crippen LogP contribution >= 0.6 is 0 Å². The number of allylic oxidation sites excluding steroid dienone is 2. The zero-order valence-corrected chi connectivity index (χ0v) is 12.1. The van der Waals surface area contributed by atoms with E-state index in [4.69, 9.17) is 10.2 Å². The van der Waals surface area contributed by atoms with E-state index in [1.807, 2.05) is 0 Å². The maximum atomic E-state index is 9.16. The van der Waals surface area contributed by atoms with Crippen molar-refractivity contribution in [1.29, 1.82) is 0 Å². The molecule has 0 saturated heterocycles. The van der Waals surface area contributed by atoms with Gasteiger partial charge in [-0.25, -0.2) is 0 Å². The Hall–Kier alpha value is -0.340. The highest BCUT2D eigenvalue weighted by Gasteiger charge is 2.00. The average Bonchev–Trinajstić information content (AvgIpc) is 2.39. The van der Waals surface area contributed by atoms with E-state index >= 15 is 0 Å². The molecular weight excluding hydrogens is 224 g/mol. The fourth-order valence-corrected chi connectivity index (χ4v) is 2.01. The summed E-state index contributed by atoms with van der Waals surface area (Å²) in [6.45, 7) is 2.15. The molecule has 1 unspecified atom stereocenters. The van der Waals surface area contributed by atoms with E-state index in [9.17, 15) is 0 Å². The lowest BCUT2D eigenvalue weighted by molar-refractivity contribution is 0.0860. The van der Waals surface area contributed by atoms with Crippen molar-refractivity contribution in [2.24, 2.45) is 0 Å². The first-order valence-corrected chi connectivity index (χ1v) is 7.75. The van der Waals surface area contributed by atoms with E-state index in [0.717, 1.165) is 12.8 Å². The van der Waals surface area contributed by atoms with Crippen LogP contribution in [0.25, 0.3) is 0 Å². The lowest BCUT2D eigenvalue weighted by Gasteiger charge is -2.05. The zero-order valence-electron chi connectivity index (χ0n) is 12.1. The van der Waals surface area contributed by atoms with Gasteiger partial charge in [0, 0.05) is 0 Å². The standard InChI is InChI=1S/C16H32O2/c1-2-3-4-5-6-7-8-9-10-11-12-13-14-16(18)15-17/h7-8,16-18H,2-6,9-15H2,1H3/b8-7-. The summed E-state index contributed by atoms with van der Waals surface area (Å²) < 4.78 is 0. The second-order valence-electron chi connectivity index (χ2n) is 5.15. The van der Waals surface area contributed by atoms with Crippen molar-refractivity contribution in [2.45, 2.75) is 83.7 Å². The Labute approximate surface area is 113 Å². The Balaban J connectivity index is 3.08. The second kappa shape index (κ2) is 14.7. The minimum Gasteiger partial charge on any atom is -0.394 e. The largest absolute Gasteiger partial charge is 0.394 e. The molecule has 1 atom stereocenters. The summed E-state index contributed by atoms with van der Waals surface area (Å²) in [7, 11) is 0. The molecule has 0 saturated carbocycles. The van der Waals surface area contributed by atoms with Crippen LogP contribution in [-0.4, -0.2) is 22.9 Å². The molecule has 0 aliphatic carbocycles. The maximum absolute atomic E-state index is 9.16. The number of hydrogen-bond acceptors (Lipinski definition) is 2. The smallest absolute Gasteiger partial charge is 0.0770 e. The Morgan fingerprint density at radius 1 is 0.833 bits per heavy atom. The maximum Gasteiger partial charge on any atom is 0.0770 e. The lowest BCUT2D eigenvalue weighted by atomic mass is 10.1. The van der Waals surface area contributed by atoms with Crippen molar-refractivity contribution in [3.8, 4) is 0 Å². The normalized spacial score (nSPS) is 13.3. The van der Waals surface area contributed by atoms with Crippen LogP contribution in [0.4, 0.5) is 0 Å². The van der Waals surface area contributed by atoms with Crippen LogP contribution in [-0.2, 0) is 0 Å². The van der Waals surface area contributed by atoms with Gasteiger partial charge in [0.05, 0.1) is 12.7 Å². The highest BCUT2D eigenvalue weighted by molar-refractivity contribution is 4.81. The van der Waals surface area contributed by atoms with Gasteiger partial charge in [-0.3, -0.25) is 0 Å². The number of unbranched alkanes of at least 4 members (excludes halogenated alkanes) is 8. The molecule has 0 aromatic rings. The quantitative estimate of drug-likeness (QED) is 0.383. The van der Waals surface area contributed by atoms with Gasteiger partial charge in [-0.15, -0.1) is 0 Å². The predicted octanol–water partition coefficient (Wildman–Crippen LogP) is 4.21. The molecule has 2 N–H and O–H groups in total. The molecule has 0 spiro atoms. The van der Waals surface area contributed by atoms with E-state index in [1.54, 1.807) is 0 Å². The number of hydrogen-bond donors (Lipinski definition) is 2. The van der Waals surface area contributed by atoms with Crippen molar-refractivity contribution in [3.63, 3.8) is 0 Å². The molecule has 0 aliphatic heterocycles. The summed E-state index contributed by atoms with van der Waals surface area (Å²) in [5, 5.41) is 17.8. The predicted molar refractivity (Wildman–Crippen MR) is 78.7 cm³/mol. The molecule has 0 radical (unpaired) electrons. The van der Waals surface area contributed by atoms with Gasteiger partial charge in [-0.1, -0.05) is 57.6 Å². The summed E-state index contributed by atoms with van der Waals surface area (Å²) >= 11 is 0. The molecule has 108 valence electrons. The summed E-state index contributed by atoms with van der Waals surface area (Å²) in [5.41, 5.74) is 0. The Bertz CT molecular complexity index is 178. The number of aliphatic hydroxyl groups excluding tert-OH is 2. The molecule has 18 heavy (non-hydrogen) atoms. The van der Waals surface area contributed by atoms with Gasteiger partial charge in [0.2, 0.25) is 0 Å². The van der Waals surface area contributed by atoms with E-state index in [1.165, 1.54) is 57.8 Å². The molecule has 0 heterocycles. The van der Waals surface area contributed by atoms with Crippen molar-refractivity contribution in [1.82, 2.24) is 0 Å². The zero-order chi connectivity index (χ0) is 13.5. The topological polar surface area (TPSA) is 40.5 Å². The minimum absolute atomic E-state index is 0.0965. The third-order valence-electron chi connectivity index (χ3n) is 3.26. The van der Waals surface area contributed by atoms with E-state index in [0.29, 0.717) is 0 Å². The van der Waals surface area contributed by atoms with Crippen molar-refractivity contribution in [3.05, 3.63) is 12.2 Å². The molecule has 0 aromatic carbocycles. The molecule has 0 amide bonds. The molecule has 0 fully saturated rings. The Morgan fingerprint density at radius 2 is 1.39 bits per heavy atom. The monoisotopic (exact) mass is 256 g/mol. The summed E-state index contributed by atoms with van der Waals surface area (Å²) in [6, 6.07) is 0. The molecule has 2 heteroatoms. The van der Waals surface area contributed by atoms with E-state index < -0.39 is 6.10 Å². The third-order valence-corrected chi connectivity index (χ3v) is 3.26. The van der Waals surface area contributed by atoms with Gasteiger partial charge >= 0.3 is 0 Å². The second-order valence-corrected chi connectivity index (χ2v) is 5.15. The fraction of sp³-hybridized carbons (Fsp3) is 0.875. The van der Waals surface area contributed by atoms with E-state index in [-0.39, 0.29) is 6.61 Å². The van der Waals surface area contributed by atoms with Gasteiger partial charge in [0.1, 0.15) is 0 Å². The van der Waals surface area contributed by atoms with Crippen LogP contribution in [0.2, 0.25) is 0 Å². The summed E-state index contributed by atoms with van der Waals surface area (Å²) in [5.74, 6) is 0. The summed E-state index contributed by atoms with van der Waals surface area (Å²) in [6.07, 6.45) is 17.4. The molecular formula is C16H32O2. The van der Waals surface area contributed by atoms with Crippen LogP contribution in [0, 0.1) is 0 Å². The van der Waals surface area contributed by atoms with Gasteiger partial charge in [0.15, 0.2) is 0 Å². The van der Waals surface area contributed by atoms with E-state index in [2.05, 4.69) is 19.1 Å². The molecule has 0 aliphatic rings. The summed E-state index contributed by atoms with van der Waals surface area (Å²) in [4.78, 5) is 0. The SMILES string of the molecule is CCCCCC/C=C\CCCCCCC(O)CO. The van der Waals surface area contributed by atoms with Crippen LogP contribution in [0.3, 0.4) is 0 Å². The van der Waals surface area contributed by atoms with Crippen molar-refractivity contribution < 1.29 is 10.2 Å². The van der Waals surface area contributed by atoms with Crippen LogP contribution < -0.4 is 0 Å². The molecule has 0 rings (SSSR count). The van der Waals surface area contributed by atoms with Gasteiger partial charge < -0.3 is 10.2 Å². The first kappa shape index (κ1) is 17.7. The number of rotatable bonds is 13. The Morgan fingerprint density at radius 3 is 1.94 bits per heavy atom. The Kier molecular flexibility index (Phi) is 14.4. The van der Waals surface area contributed by atoms with Crippen molar-refractivity contribution in [2.75, 3.05) is 6.61 Å². The van der Waals surface area contributed by atoms with Crippen LogP contribution in [0.5, 0.6) is 0 Å². The first-order valence-electron chi connectivity index (χ1n) is 7.75. The van der Waals surface area contributed by atoms with Crippen LogP contribution in [0.15, 0.2) is 12.2 Å². The first-order chi connectivity index (χ1) is 8.81. The minimum atomic E-state index is -0.506. The average molecular weight is 256 g/mol. The molecule has 0 aromatic heterocycles. The van der Waals surface area contributed by atoms with Crippen LogP contribution in [0.1, 0.15) is 77.6 Å². The van der Waals surface area contributed by atoms with Gasteiger partial charge in [-0.2, -0.15) is 0 Å². The van der Waals surface area contributed by atoms with Crippen molar-refractivity contribution >= 4 is 0 Å². The van der Waals surface area contributed by atoms with Gasteiger partial charge in [0.25, 0.3) is 0 Å². The molecule has 0 bridgehead atoms. The number of aliphatic hydroxyl groups is 2. The highest BCUT2D eigenvalue weighted by atomic mass is 16.3. The fourth-order valence-electron chi connectivity index (χ4n) is 2.01. The highest BCUT2D eigenvalue weighted by Crippen LogP contribution is 2.08. The third kappa shape index (κ3) is 13.7.